The number of halogens is 2. The molecule has 3 aromatic carbocycles. The Morgan fingerprint density at radius 2 is 1.57 bits per heavy atom. The third-order valence-electron chi connectivity index (χ3n) is 10.7. The first-order chi connectivity index (χ1) is 22.2. The minimum Gasteiger partial charge on any atom is -0.507 e. The molecule has 1 saturated carbocycles. The average molecular weight is 657 g/mol. The third kappa shape index (κ3) is 4.43. The van der Waals surface area contributed by atoms with Crippen molar-refractivity contribution in [2.75, 3.05) is 9.80 Å². The zero-order valence-corrected chi connectivity index (χ0v) is 26.5. The van der Waals surface area contributed by atoms with Crippen LogP contribution < -0.4 is 15.3 Å². The van der Waals surface area contributed by atoms with Crippen LogP contribution in [-0.2, 0) is 19.2 Å². The number of nitrogens with zero attached hydrogens (tertiary/aromatic N) is 2. The zero-order valence-electron chi connectivity index (χ0n) is 25.8. The van der Waals surface area contributed by atoms with Gasteiger partial charge in [0.25, 0.3) is 0 Å². The van der Waals surface area contributed by atoms with Gasteiger partial charge >= 0.3 is 7.12 Å². The van der Waals surface area contributed by atoms with Gasteiger partial charge < -0.3 is 15.2 Å². The number of phenolic OH excluding ortho intramolecular Hbond substituents is 1. The highest BCUT2D eigenvalue weighted by Gasteiger charge is 2.67. The number of imide groups is 2. The Bertz CT molecular complexity index is 1930. The fourth-order valence-electron chi connectivity index (χ4n) is 8.50. The number of aryl methyl sites for hydroxylation is 2. The van der Waals surface area contributed by atoms with E-state index in [-0.39, 0.29) is 40.5 Å². The molecule has 0 aromatic heterocycles. The first-order valence-corrected chi connectivity index (χ1v) is 15.8. The van der Waals surface area contributed by atoms with Gasteiger partial charge in [0.05, 0.1) is 39.6 Å². The van der Waals surface area contributed by atoms with Crippen LogP contribution in [-0.4, -0.2) is 45.9 Å². The molecule has 7 rings (SSSR count). The van der Waals surface area contributed by atoms with Crippen LogP contribution in [0.15, 0.2) is 66.2 Å². The van der Waals surface area contributed by atoms with E-state index < -0.39 is 71.6 Å². The van der Waals surface area contributed by atoms with Gasteiger partial charge in [0.2, 0.25) is 23.6 Å². The normalized spacial score (nSPS) is 28.3. The summed E-state index contributed by atoms with van der Waals surface area (Å²) in [7, 11) is -1.79. The van der Waals surface area contributed by atoms with E-state index in [9.17, 15) is 38.7 Å². The number of carbonyl (C=O) groups is 4. The lowest BCUT2D eigenvalue weighted by Crippen LogP contribution is -2.49. The predicted molar refractivity (Wildman–Crippen MR) is 172 cm³/mol. The number of hydrogen-bond acceptors (Lipinski definition) is 7. The Labute approximate surface area is 275 Å². The summed E-state index contributed by atoms with van der Waals surface area (Å²) in [5, 5.41) is 29.8. The van der Waals surface area contributed by atoms with Crippen LogP contribution in [0.4, 0.5) is 15.8 Å². The number of hydrogen-bond donors (Lipinski definition) is 3. The topological polar surface area (TPSA) is 135 Å². The quantitative estimate of drug-likeness (QED) is 0.220. The lowest BCUT2D eigenvalue weighted by molar-refractivity contribution is -0.131. The Morgan fingerprint density at radius 3 is 2.23 bits per heavy atom. The number of fused-ring (bicyclic) bond motifs is 4. The molecule has 3 aromatic rings. The molecule has 9 nitrogen and oxygen atoms in total. The number of aromatic hydroxyl groups is 1. The van der Waals surface area contributed by atoms with Crippen molar-refractivity contribution in [2.45, 2.75) is 39.5 Å². The maximum Gasteiger partial charge on any atom is 0.488 e. The van der Waals surface area contributed by atoms with E-state index in [0.717, 1.165) is 21.4 Å². The fourth-order valence-corrected chi connectivity index (χ4v) is 8.68. The summed E-state index contributed by atoms with van der Waals surface area (Å²) >= 11 is 6.07. The van der Waals surface area contributed by atoms with Crippen molar-refractivity contribution in [3.8, 4) is 5.75 Å². The van der Waals surface area contributed by atoms with E-state index in [0.29, 0.717) is 16.7 Å². The minimum atomic E-state index is -1.79. The van der Waals surface area contributed by atoms with E-state index in [1.54, 1.807) is 39.0 Å². The number of amides is 4. The summed E-state index contributed by atoms with van der Waals surface area (Å²) in [5.41, 5.74) is 1.79. The summed E-state index contributed by atoms with van der Waals surface area (Å²) < 4.78 is 14.1. The van der Waals surface area contributed by atoms with E-state index in [1.807, 2.05) is 6.08 Å². The Hall–Kier alpha value is -4.32. The summed E-state index contributed by atoms with van der Waals surface area (Å²) in [6.07, 6.45) is 2.27. The summed E-state index contributed by atoms with van der Waals surface area (Å²) in [5.74, 6) is -6.15. The van der Waals surface area contributed by atoms with Crippen molar-refractivity contribution in [2.24, 2.45) is 29.1 Å². The second kappa shape index (κ2) is 10.9. The number of phenols is 1. The molecule has 0 spiro atoms. The number of rotatable bonds is 4. The second-order valence-electron chi connectivity index (χ2n) is 13.2. The van der Waals surface area contributed by atoms with Crippen LogP contribution in [0.1, 0.15) is 42.4 Å². The van der Waals surface area contributed by atoms with Crippen LogP contribution in [0.3, 0.4) is 0 Å². The first-order valence-electron chi connectivity index (χ1n) is 15.4. The van der Waals surface area contributed by atoms with E-state index in [1.165, 1.54) is 30.3 Å². The Morgan fingerprint density at radius 1 is 0.894 bits per heavy atom. The lowest BCUT2D eigenvalue weighted by Gasteiger charge is -2.49. The van der Waals surface area contributed by atoms with Crippen molar-refractivity contribution >= 4 is 59.2 Å². The largest absolute Gasteiger partial charge is 0.507 e. The number of benzene rings is 3. The molecule has 47 heavy (non-hydrogen) atoms. The number of anilines is 2. The first kappa shape index (κ1) is 31.3. The molecule has 0 radical (unpaired) electrons. The monoisotopic (exact) mass is 656 g/mol. The van der Waals surface area contributed by atoms with Gasteiger partial charge in [0.15, 0.2) is 0 Å². The van der Waals surface area contributed by atoms with Gasteiger partial charge in [-0.05, 0) is 92.0 Å². The van der Waals surface area contributed by atoms with Crippen molar-refractivity contribution in [3.63, 3.8) is 0 Å². The average Bonchev–Trinajstić information content (AvgIpc) is 3.40. The van der Waals surface area contributed by atoms with Gasteiger partial charge in [-0.25, -0.2) is 9.29 Å². The Balaban J connectivity index is 1.37. The molecule has 240 valence electrons. The smallest absolute Gasteiger partial charge is 0.488 e. The maximum atomic E-state index is 14.6. The molecular formula is C35H31BClFN2O7. The molecule has 6 unspecified atom stereocenters. The molecule has 3 N–H and O–H groups in total. The SMILES string of the molecule is Cc1cc(C2C3=CCC4C(=O)N(c5cccc(B(O)O)c5)C(=O)C4C3CC3C(=O)N(c4ccc(F)c(Cl)c4)C(=O)C32C)cc(C)c1O. The molecule has 6 atom stereocenters. The molecule has 2 saturated heterocycles. The third-order valence-corrected chi connectivity index (χ3v) is 11.0. The lowest BCUT2D eigenvalue weighted by atomic mass is 9.51. The van der Waals surface area contributed by atoms with Gasteiger partial charge in [-0.15, -0.1) is 0 Å². The van der Waals surface area contributed by atoms with Crippen molar-refractivity contribution in [3.05, 3.63) is 93.8 Å². The predicted octanol–water partition coefficient (Wildman–Crippen LogP) is 3.92. The fraction of sp³-hybridized carbons (Fsp3) is 0.314. The molecule has 4 amide bonds. The van der Waals surface area contributed by atoms with Crippen LogP contribution in [0.2, 0.25) is 5.02 Å². The van der Waals surface area contributed by atoms with Crippen molar-refractivity contribution < 1.29 is 38.7 Å². The number of allylic oxidation sites excluding steroid dienone is 2. The zero-order chi connectivity index (χ0) is 33.7. The highest BCUT2D eigenvalue weighted by Crippen LogP contribution is 2.64. The molecule has 3 fully saturated rings. The summed E-state index contributed by atoms with van der Waals surface area (Å²) in [6, 6.07) is 13.2. The molecule has 12 heteroatoms. The summed E-state index contributed by atoms with van der Waals surface area (Å²) in [4.78, 5) is 59.1. The highest BCUT2D eigenvalue weighted by molar-refractivity contribution is 6.58. The van der Waals surface area contributed by atoms with Gasteiger partial charge in [0.1, 0.15) is 11.6 Å². The van der Waals surface area contributed by atoms with Gasteiger partial charge in [-0.3, -0.25) is 24.1 Å². The van der Waals surface area contributed by atoms with Gasteiger partial charge in [-0.2, -0.15) is 0 Å². The molecule has 2 aliphatic carbocycles. The molecular weight excluding hydrogens is 626 g/mol. The van der Waals surface area contributed by atoms with Crippen LogP contribution >= 0.6 is 11.6 Å². The molecule has 2 heterocycles. The maximum absolute atomic E-state index is 14.6. The Kier molecular flexibility index (Phi) is 7.24. The minimum absolute atomic E-state index is 0.111. The second-order valence-corrected chi connectivity index (χ2v) is 13.7. The van der Waals surface area contributed by atoms with E-state index in [2.05, 4.69) is 0 Å². The van der Waals surface area contributed by atoms with E-state index >= 15 is 0 Å². The summed E-state index contributed by atoms with van der Waals surface area (Å²) in [6.45, 7) is 5.24. The number of carbonyl (C=O) groups excluding carboxylic acids is 4. The van der Waals surface area contributed by atoms with Crippen LogP contribution in [0.25, 0.3) is 0 Å². The molecule has 2 aliphatic heterocycles. The van der Waals surface area contributed by atoms with Gasteiger partial charge in [0, 0.05) is 5.92 Å². The molecule has 0 bridgehead atoms. The highest BCUT2D eigenvalue weighted by atomic mass is 35.5. The van der Waals surface area contributed by atoms with Crippen molar-refractivity contribution in [1.29, 1.82) is 0 Å². The van der Waals surface area contributed by atoms with Crippen molar-refractivity contribution in [1.82, 2.24) is 0 Å². The standard InChI is InChI=1S/C35H31BClFN2O7/c1-16-11-18(12-17(2)30(16)41)29-22-8-9-23-28(33(44)39(31(23)42)20-6-4-5-19(13-20)36(46)47)24(22)15-25-32(43)40(34(45)35(25,29)3)21-7-10-27(38)26(37)14-21/h4-8,10-14,23-25,28-29,41,46-47H,9,15H2,1-3H3. The molecule has 4 aliphatic rings. The van der Waals surface area contributed by atoms with Gasteiger partial charge in [-0.1, -0.05) is 47.5 Å². The van der Waals surface area contributed by atoms with E-state index in [4.69, 9.17) is 11.6 Å². The van der Waals surface area contributed by atoms with Crippen LogP contribution in [0, 0.1) is 48.8 Å². The van der Waals surface area contributed by atoms with Crippen LogP contribution in [0.5, 0.6) is 5.75 Å².